The van der Waals surface area contributed by atoms with Crippen molar-refractivity contribution < 1.29 is 13.2 Å². The van der Waals surface area contributed by atoms with Gasteiger partial charge >= 0.3 is 0 Å². The van der Waals surface area contributed by atoms with E-state index in [4.69, 9.17) is 10.5 Å². The molecule has 1 heterocycles. The number of benzene rings is 1. The van der Waals surface area contributed by atoms with Gasteiger partial charge in [-0.25, -0.2) is 13.1 Å². The van der Waals surface area contributed by atoms with Crippen LogP contribution in [0.3, 0.4) is 0 Å². The molecule has 1 unspecified atom stereocenters. The average molecular weight is 284 g/mol. The van der Waals surface area contributed by atoms with Crippen LogP contribution in [0, 0.1) is 0 Å². The summed E-state index contributed by atoms with van der Waals surface area (Å²) in [7, 11) is -3.30. The molecule has 1 aromatic rings. The van der Waals surface area contributed by atoms with E-state index < -0.39 is 10.0 Å². The van der Waals surface area contributed by atoms with Gasteiger partial charge < -0.3 is 10.5 Å². The highest BCUT2D eigenvalue weighted by molar-refractivity contribution is 7.90. The predicted octanol–water partition coefficient (Wildman–Crippen LogP) is 0.785. The Morgan fingerprint density at radius 3 is 2.53 bits per heavy atom. The van der Waals surface area contributed by atoms with Gasteiger partial charge in [0.1, 0.15) is 0 Å². The lowest BCUT2D eigenvalue weighted by atomic mass is 10.1. The Balaban J connectivity index is 1.90. The molecule has 1 aromatic carbocycles. The second-order valence-corrected chi connectivity index (χ2v) is 6.77. The van der Waals surface area contributed by atoms with Crippen LogP contribution in [0.5, 0.6) is 0 Å². The second-order valence-electron chi connectivity index (χ2n) is 4.72. The minimum atomic E-state index is -3.30. The molecule has 0 spiro atoms. The number of nitrogens with two attached hydrogens (primary N) is 1. The van der Waals surface area contributed by atoms with Crippen LogP contribution in [0.1, 0.15) is 24.4 Å². The van der Waals surface area contributed by atoms with Crippen LogP contribution in [-0.2, 0) is 14.8 Å². The van der Waals surface area contributed by atoms with Crippen LogP contribution >= 0.6 is 0 Å². The van der Waals surface area contributed by atoms with Gasteiger partial charge in [0.15, 0.2) is 0 Å². The van der Waals surface area contributed by atoms with Crippen molar-refractivity contribution in [1.82, 2.24) is 4.72 Å². The van der Waals surface area contributed by atoms with E-state index in [0.717, 1.165) is 5.56 Å². The van der Waals surface area contributed by atoms with Crippen molar-refractivity contribution in [2.75, 3.05) is 19.8 Å². The first kappa shape index (κ1) is 14.5. The Morgan fingerprint density at radius 1 is 1.26 bits per heavy atom. The number of sulfonamides is 1. The van der Waals surface area contributed by atoms with Crippen molar-refractivity contribution in [3.63, 3.8) is 0 Å². The first-order valence-electron chi connectivity index (χ1n) is 6.46. The van der Waals surface area contributed by atoms with Gasteiger partial charge in [-0.3, -0.25) is 0 Å². The highest BCUT2D eigenvalue weighted by atomic mass is 32.2. The third kappa shape index (κ3) is 4.01. The zero-order valence-electron chi connectivity index (χ0n) is 10.8. The molecular weight excluding hydrogens is 264 g/mol. The molecule has 0 bridgehead atoms. The highest BCUT2D eigenvalue weighted by Crippen LogP contribution is 2.15. The fourth-order valence-corrected chi connectivity index (χ4v) is 3.59. The molecule has 1 fully saturated rings. The first-order valence-corrected chi connectivity index (χ1v) is 8.01. The molecule has 0 amide bonds. The van der Waals surface area contributed by atoms with Crippen LogP contribution < -0.4 is 10.5 Å². The van der Waals surface area contributed by atoms with Crippen molar-refractivity contribution in [3.8, 4) is 0 Å². The Morgan fingerprint density at radius 2 is 1.89 bits per heavy atom. The average Bonchev–Trinajstić information content (AvgIpc) is 2.47. The summed E-state index contributed by atoms with van der Waals surface area (Å²) in [5.41, 5.74) is 6.91. The monoisotopic (exact) mass is 284 g/mol. The number of hydrogen-bond acceptors (Lipinski definition) is 4. The zero-order chi connectivity index (χ0) is 13.7. The number of ether oxygens (including phenoxy) is 1. The van der Waals surface area contributed by atoms with Gasteiger partial charge in [0.25, 0.3) is 0 Å². The van der Waals surface area contributed by atoms with Crippen molar-refractivity contribution in [3.05, 3.63) is 35.9 Å². The summed E-state index contributed by atoms with van der Waals surface area (Å²) in [5.74, 6) is 0. The number of rotatable bonds is 5. The van der Waals surface area contributed by atoms with Crippen molar-refractivity contribution in [1.29, 1.82) is 0 Å². The standard InChI is InChI=1S/C13H20N2O3S/c14-13(11-4-2-1-3-5-11)10-15-19(16,17)12-6-8-18-9-7-12/h1-5,12-13,15H,6-10,14H2. The molecule has 0 radical (unpaired) electrons. The molecule has 19 heavy (non-hydrogen) atoms. The van der Waals surface area contributed by atoms with Gasteiger partial charge in [0, 0.05) is 25.8 Å². The van der Waals surface area contributed by atoms with Gasteiger partial charge in [-0.05, 0) is 18.4 Å². The van der Waals surface area contributed by atoms with Crippen molar-refractivity contribution >= 4 is 10.0 Å². The van der Waals surface area contributed by atoms with Gasteiger partial charge in [0.2, 0.25) is 10.0 Å². The zero-order valence-corrected chi connectivity index (χ0v) is 11.6. The molecule has 0 aromatic heterocycles. The maximum Gasteiger partial charge on any atom is 0.214 e. The van der Waals surface area contributed by atoms with E-state index in [-0.39, 0.29) is 17.8 Å². The van der Waals surface area contributed by atoms with Gasteiger partial charge in [-0.1, -0.05) is 30.3 Å². The highest BCUT2D eigenvalue weighted by Gasteiger charge is 2.27. The van der Waals surface area contributed by atoms with Crippen molar-refractivity contribution in [2.45, 2.75) is 24.1 Å². The molecule has 0 aliphatic carbocycles. The van der Waals surface area contributed by atoms with E-state index in [1.807, 2.05) is 30.3 Å². The quantitative estimate of drug-likeness (QED) is 0.837. The third-order valence-corrected chi connectivity index (χ3v) is 5.26. The summed E-state index contributed by atoms with van der Waals surface area (Å²) in [6.07, 6.45) is 1.10. The lowest BCUT2D eigenvalue weighted by molar-refractivity contribution is 0.0981. The van der Waals surface area contributed by atoms with Crippen LogP contribution in [0.15, 0.2) is 30.3 Å². The maximum atomic E-state index is 12.1. The molecule has 1 aliphatic rings. The molecule has 106 valence electrons. The summed E-state index contributed by atoms with van der Waals surface area (Å²) >= 11 is 0. The Bertz CT molecular complexity index is 484. The molecule has 6 heteroatoms. The second kappa shape index (κ2) is 6.47. The lowest BCUT2D eigenvalue weighted by Crippen LogP contribution is -2.40. The summed E-state index contributed by atoms with van der Waals surface area (Å²) in [6.45, 7) is 1.25. The third-order valence-electron chi connectivity index (χ3n) is 3.34. The smallest absolute Gasteiger partial charge is 0.214 e. The van der Waals surface area contributed by atoms with E-state index >= 15 is 0 Å². The molecular formula is C13H20N2O3S. The molecule has 1 atom stereocenters. The van der Waals surface area contributed by atoms with E-state index in [0.29, 0.717) is 26.1 Å². The van der Waals surface area contributed by atoms with Gasteiger partial charge in [0.05, 0.1) is 5.25 Å². The fourth-order valence-electron chi connectivity index (χ4n) is 2.13. The largest absolute Gasteiger partial charge is 0.381 e. The van der Waals surface area contributed by atoms with E-state index in [9.17, 15) is 8.42 Å². The summed E-state index contributed by atoms with van der Waals surface area (Å²) < 4.78 is 32.0. The summed E-state index contributed by atoms with van der Waals surface area (Å²) in [6, 6.07) is 9.16. The van der Waals surface area contributed by atoms with Crippen LogP contribution in [0.25, 0.3) is 0 Å². The number of hydrogen-bond donors (Lipinski definition) is 2. The Labute approximate surface area is 114 Å². The molecule has 1 aliphatic heterocycles. The lowest BCUT2D eigenvalue weighted by Gasteiger charge is -2.23. The normalized spacial score (nSPS) is 19.2. The van der Waals surface area contributed by atoms with Gasteiger partial charge in [-0.15, -0.1) is 0 Å². The Hall–Kier alpha value is -0.950. The molecule has 1 saturated heterocycles. The fraction of sp³-hybridized carbons (Fsp3) is 0.538. The topological polar surface area (TPSA) is 81.4 Å². The molecule has 2 rings (SSSR count). The SMILES string of the molecule is NC(CNS(=O)(=O)C1CCOCC1)c1ccccc1. The molecule has 0 saturated carbocycles. The maximum absolute atomic E-state index is 12.1. The van der Waals surface area contributed by atoms with Gasteiger partial charge in [-0.2, -0.15) is 0 Å². The van der Waals surface area contributed by atoms with E-state index in [2.05, 4.69) is 4.72 Å². The molecule has 5 nitrogen and oxygen atoms in total. The van der Waals surface area contributed by atoms with Crippen LogP contribution in [0.4, 0.5) is 0 Å². The van der Waals surface area contributed by atoms with Crippen LogP contribution in [0.2, 0.25) is 0 Å². The van der Waals surface area contributed by atoms with E-state index in [1.165, 1.54) is 0 Å². The predicted molar refractivity (Wildman–Crippen MR) is 74.1 cm³/mol. The number of nitrogens with one attached hydrogen (secondary N) is 1. The first-order chi connectivity index (χ1) is 9.09. The Kier molecular flexibility index (Phi) is 4.93. The minimum Gasteiger partial charge on any atom is -0.381 e. The minimum absolute atomic E-state index is 0.226. The summed E-state index contributed by atoms with van der Waals surface area (Å²) in [5, 5.41) is -0.357. The van der Waals surface area contributed by atoms with E-state index in [1.54, 1.807) is 0 Å². The van der Waals surface area contributed by atoms with Crippen LogP contribution in [-0.4, -0.2) is 33.4 Å². The summed E-state index contributed by atoms with van der Waals surface area (Å²) in [4.78, 5) is 0. The molecule has 3 N–H and O–H groups in total. The van der Waals surface area contributed by atoms with Crippen molar-refractivity contribution in [2.24, 2.45) is 5.73 Å².